The summed E-state index contributed by atoms with van der Waals surface area (Å²) in [4.78, 5) is 2.35. The molecule has 3 fully saturated rings. The van der Waals surface area contributed by atoms with E-state index >= 15 is 0 Å². The van der Waals surface area contributed by atoms with Crippen molar-refractivity contribution in [2.75, 3.05) is 51.0 Å². The Morgan fingerprint density at radius 3 is 2.18 bits per heavy atom. The van der Waals surface area contributed by atoms with E-state index in [4.69, 9.17) is 13.3 Å². The second-order valence-corrected chi connectivity index (χ2v) is 8.50. The van der Waals surface area contributed by atoms with E-state index in [-0.39, 0.29) is 0 Å². The maximum absolute atomic E-state index is 5.97. The van der Waals surface area contributed by atoms with Crippen LogP contribution in [0.4, 0.5) is 0 Å². The number of hydrogen-bond donors (Lipinski definition) is 0. The van der Waals surface area contributed by atoms with Crippen LogP contribution >= 0.6 is 11.8 Å². The van der Waals surface area contributed by atoms with Crippen molar-refractivity contribution >= 4 is 20.6 Å². The van der Waals surface area contributed by atoms with E-state index in [2.05, 4.69) is 11.8 Å². The van der Waals surface area contributed by atoms with E-state index in [1.165, 1.54) is 11.5 Å². The van der Waals surface area contributed by atoms with E-state index in [0.717, 1.165) is 51.9 Å². The predicted molar refractivity (Wildman–Crippen MR) is 72.5 cm³/mol. The lowest BCUT2D eigenvalue weighted by molar-refractivity contribution is -0.00828. The Morgan fingerprint density at radius 1 is 1.06 bits per heavy atom. The highest BCUT2D eigenvalue weighted by Crippen LogP contribution is 2.22. The molecule has 3 saturated heterocycles. The molecule has 3 rings (SSSR count). The molecule has 2 bridgehead atoms. The average Bonchev–Trinajstić information content (AvgIpc) is 2.25. The van der Waals surface area contributed by atoms with E-state index < -0.39 is 8.80 Å². The molecule has 3 aliphatic rings. The van der Waals surface area contributed by atoms with Crippen molar-refractivity contribution in [1.29, 1.82) is 0 Å². The number of rotatable bonds is 5. The minimum atomic E-state index is -2.32. The van der Waals surface area contributed by atoms with E-state index in [1.807, 2.05) is 11.8 Å². The smallest absolute Gasteiger partial charge is 0.372 e. The molecule has 0 amide bonds. The van der Waals surface area contributed by atoms with Gasteiger partial charge in [0.2, 0.25) is 0 Å². The fourth-order valence-corrected chi connectivity index (χ4v) is 5.60. The molecular formula is C11H23NO3SSi. The molecule has 0 aromatic carbocycles. The van der Waals surface area contributed by atoms with Gasteiger partial charge in [0.05, 0.1) is 19.8 Å². The van der Waals surface area contributed by atoms with Gasteiger partial charge >= 0.3 is 8.80 Å². The van der Waals surface area contributed by atoms with Gasteiger partial charge in [-0.3, -0.25) is 4.90 Å². The first-order valence-electron chi connectivity index (χ1n) is 6.57. The zero-order valence-electron chi connectivity index (χ0n) is 10.7. The fourth-order valence-electron chi connectivity index (χ4n) is 2.20. The first kappa shape index (κ1) is 13.8. The van der Waals surface area contributed by atoms with Gasteiger partial charge in [-0.25, -0.2) is 0 Å². The third-order valence-corrected chi connectivity index (χ3v) is 7.05. The molecule has 3 aliphatic heterocycles. The molecule has 0 unspecified atom stereocenters. The third kappa shape index (κ3) is 4.22. The van der Waals surface area contributed by atoms with Crippen LogP contribution in [0.2, 0.25) is 6.04 Å². The number of fused-ring (bicyclic) bond motifs is 6. The predicted octanol–water partition coefficient (Wildman–Crippen LogP) is 1.45. The number of thioether (sulfide) groups is 1. The van der Waals surface area contributed by atoms with Crippen molar-refractivity contribution in [1.82, 2.24) is 4.90 Å². The van der Waals surface area contributed by atoms with Crippen molar-refractivity contribution in [2.24, 2.45) is 0 Å². The summed E-state index contributed by atoms with van der Waals surface area (Å²) in [7, 11) is -2.32. The molecule has 0 saturated carbocycles. The molecule has 0 spiro atoms. The maximum atomic E-state index is 5.97. The molecule has 0 radical (unpaired) electrons. The van der Waals surface area contributed by atoms with E-state index in [0.29, 0.717) is 0 Å². The summed E-state index contributed by atoms with van der Waals surface area (Å²) in [6.07, 6.45) is 1.15. The van der Waals surface area contributed by atoms with Gasteiger partial charge in [0.15, 0.2) is 0 Å². The first-order valence-corrected chi connectivity index (χ1v) is 9.65. The van der Waals surface area contributed by atoms with Crippen LogP contribution < -0.4 is 0 Å². The molecule has 0 aromatic heterocycles. The second-order valence-electron chi connectivity index (χ2n) is 4.37. The molecule has 100 valence electrons. The zero-order chi connectivity index (χ0) is 12.0. The van der Waals surface area contributed by atoms with Crippen LogP contribution in [0, 0.1) is 0 Å². The molecule has 0 atom stereocenters. The van der Waals surface area contributed by atoms with E-state index in [9.17, 15) is 0 Å². The largest absolute Gasteiger partial charge is 0.501 e. The van der Waals surface area contributed by atoms with Crippen LogP contribution in [0.1, 0.15) is 13.3 Å². The van der Waals surface area contributed by atoms with Gasteiger partial charge in [0.25, 0.3) is 0 Å². The van der Waals surface area contributed by atoms with Crippen LogP contribution in [0.25, 0.3) is 0 Å². The highest BCUT2D eigenvalue weighted by atomic mass is 32.2. The zero-order valence-corrected chi connectivity index (χ0v) is 12.5. The molecule has 0 N–H and O–H groups in total. The van der Waals surface area contributed by atoms with Crippen molar-refractivity contribution in [3.63, 3.8) is 0 Å². The second kappa shape index (κ2) is 7.11. The highest BCUT2D eigenvalue weighted by Gasteiger charge is 2.43. The number of hydrogen-bond acceptors (Lipinski definition) is 5. The van der Waals surface area contributed by atoms with Gasteiger partial charge in [-0.05, 0) is 17.9 Å². The molecule has 17 heavy (non-hydrogen) atoms. The van der Waals surface area contributed by atoms with Crippen molar-refractivity contribution in [2.45, 2.75) is 19.4 Å². The summed E-state index contributed by atoms with van der Waals surface area (Å²) in [6.45, 7) is 7.61. The minimum absolute atomic E-state index is 0.771. The summed E-state index contributed by atoms with van der Waals surface area (Å²) in [6, 6.07) is 0.986. The Balaban J connectivity index is 1.85. The summed E-state index contributed by atoms with van der Waals surface area (Å²) in [5, 5.41) is 0. The molecule has 0 aliphatic carbocycles. The van der Waals surface area contributed by atoms with Gasteiger partial charge in [-0.15, -0.1) is 0 Å². The van der Waals surface area contributed by atoms with E-state index in [1.54, 1.807) is 0 Å². The lowest BCUT2D eigenvalue weighted by Gasteiger charge is -2.38. The van der Waals surface area contributed by atoms with Gasteiger partial charge in [-0.1, -0.05) is 6.92 Å². The Kier molecular flexibility index (Phi) is 5.78. The van der Waals surface area contributed by atoms with Crippen LogP contribution in [-0.2, 0) is 13.3 Å². The molecule has 6 heteroatoms. The molecule has 3 heterocycles. The summed E-state index contributed by atoms with van der Waals surface area (Å²) >= 11 is 1.98. The monoisotopic (exact) mass is 277 g/mol. The quantitative estimate of drug-likeness (QED) is 0.561. The van der Waals surface area contributed by atoms with Gasteiger partial charge in [0.1, 0.15) is 0 Å². The summed E-state index contributed by atoms with van der Waals surface area (Å²) in [5.41, 5.74) is 0. The van der Waals surface area contributed by atoms with Crippen LogP contribution in [-0.4, -0.2) is 64.7 Å². The summed E-state index contributed by atoms with van der Waals surface area (Å²) < 4.78 is 17.9. The SMILES string of the molecule is CCSCCC[Si]12OCCN(CCO1)CCO2. The fraction of sp³-hybridized carbons (Fsp3) is 1.00. The summed E-state index contributed by atoms with van der Waals surface area (Å²) in [5.74, 6) is 2.37. The Morgan fingerprint density at radius 2 is 1.65 bits per heavy atom. The Labute approximate surface area is 109 Å². The first-order chi connectivity index (χ1) is 8.35. The average molecular weight is 277 g/mol. The maximum Gasteiger partial charge on any atom is 0.501 e. The lowest BCUT2D eigenvalue weighted by atomic mass is 10.4. The Hall–Kier alpha value is 0.407. The van der Waals surface area contributed by atoms with Gasteiger partial charge < -0.3 is 13.3 Å². The topological polar surface area (TPSA) is 30.9 Å². The lowest BCUT2D eigenvalue weighted by Crippen LogP contribution is -2.55. The van der Waals surface area contributed by atoms with Crippen molar-refractivity contribution in [3.05, 3.63) is 0 Å². The van der Waals surface area contributed by atoms with Crippen molar-refractivity contribution < 1.29 is 13.3 Å². The molecule has 4 nitrogen and oxygen atoms in total. The minimum Gasteiger partial charge on any atom is -0.372 e. The standard InChI is InChI=1S/C11H23NO3SSi/c1-2-16-10-3-11-17-13-7-4-12(5-8-14-17)6-9-15-17/h2-11H2,1H3. The highest BCUT2D eigenvalue weighted by molar-refractivity contribution is 7.99. The number of nitrogens with zero attached hydrogens (tertiary/aromatic N) is 1. The van der Waals surface area contributed by atoms with Gasteiger partial charge in [0, 0.05) is 25.7 Å². The van der Waals surface area contributed by atoms with Crippen LogP contribution in [0.5, 0.6) is 0 Å². The molecule has 0 aromatic rings. The van der Waals surface area contributed by atoms with Crippen LogP contribution in [0.15, 0.2) is 0 Å². The van der Waals surface area contributed by atoms with Crippen molar-refractivity contribution in [3.8, 4) is 0 Å². The third-order valence-electron chi connectivity index (χ3n) is 3.16. The Bertz CT molecular complexity index is 206. The normalized spacial score (nSPS) is 34.1. The van der Waals surface area contributed by atoms with Crippen LogP contribution in [0.3, 0.4) is 0 Å². The van der Waals surface area contributed by atoms with Gasteiger partial charge in [-0.2, -0.15) is 11.8 Å². The molecular weight excluding hydrogens is 254 g/mol.